The summed E-state index contributed by atoms with van der Waals surface area (Å²) in [4.78, 5) is 0. The van der Waals surface area contributed by atoms with Gasteiger partial charge in [-0.15, -0.1) is 0 Å². The second-order valence-corrected chi connectivity index (χ2v) is 3.90. The lowest BCUT2D eigenvalue weighted by molar-refractivity contribution is 0.822. The summed E-state index contributed by atoms with van der Waals surface area (Å²) in [6.45, 7) is 4.33. The maximum absolute atomic E-state index is 2.25. The zero-order valence-corrected chi connectivity index (χ0v) is 8.62. The molecule has 0 unspecified atom stereocenters. The van der Waals surface area contributed by atoms with Gasteiger partial charge in [0, 0.05) is 0 Å². The maximum Gasteiger partial charge on any atom is -0.00674 e. The van der Waals surface area contributed by atoms with Gasteiger partial charge >= 0.3 is 0 Å². The molecule has 0 aromatic heterocycles. The summed E-state index contributed by atoms with van der Waals surface area (Å²) in [5, 5.41) is 0. The molecule has 0 spiro atoms. The van der Waals surface area contributed by atoms with E-state index in [1.165, 1.54) is 37.2 Å². The predicted octanol–water partition coefficient (Wildman–Crippen LogP) is 3.88. The van der Waals surface area contributed by atoms with Crippen LogP contribution < -0.4 is 0 Å². The summed E-state index contributed by atoms with van der Waals surface area (Å²) in [6.07, 6.45) is 9.72. The molecule has 0 aliphatic rings. The Morgan fingerprint density at radius 2 is 2.00 bits per heavy atom. The van der Waals surface area contributed by atoms with E-state index in [2.05, 4.69) is 37.8 Å². The van der Waals surface area contributed by atoms with Gasteiger partial charge in [0.1, 0.15) is 0 Å². The highest BCUT2D eigenvalue weighted by Gasteiger charge is 1.86. The normalized spacial score (nSPS) is 11.1. The molecule has 0 aromatic carbocycles. The van der Waals surface area contributed by atoms with Gasteiger partial charge in [-0.3, -0.25) is 0 Å². The van der Waals surface area contributed by atoms with Crippen molar-refractivity contribution in [1.82, 2.24) is 0 Å². The number of thioether (sulfide) groups is 1. The van der Waals surface area contributed by atoms with Crippen LogP contribution in [0.5, 0.6) is 0 Å². The topological polar surface area (TPSA) is 0 Å². The van der Waals surface area contributed by atoms with Gasteiger partial charge in [0.15, 0.2) is 0 Å². The Hall–Kier alpha value is 0.0900. The van der Waals surface area contributed by atoms with Crippen LogP contribution >= 0.6 is 11.8 Å². The van der Waals surface area contributed by atoms with Gasteiger partial charge in [0.2, 0.25) is 0 Å². The van der Waals surface area contributed by atoms with Gasteiger partial charge in [0.25, 0.3) is 0 Å². The third-order valence-corrected chi connectivity index (χ3v) is 2.77. The first kappa shape index (κ1) is 11.1. The molecule has 0 aromatic rings. The minimum absolute atomic E-state index is 1.27. The first-order valence-electron chi connectivity index (χ1n) is 4.60. The molecule has 0 aliphatic carbocycles. The third kappa shape index (κ3) is 10.1. The van der Waals surface area contributed by atoms with E-state index in [9.17, 15) is 0 Å². The van der Waals surface area contributed by atoms with E-state index in [4.69, 9.17) is 0 Å². The Labute approximate surface area is 75.5 Å². The Kier molecular flexibility index (Phi) is 10.2. The van der Waals surface area contributed by atoms with Crippen molar-refractivity contribution in [1.29, 1.82) is 0 Å². The van der Waals surface area contributed by atoms with Gasteiger partial charge < -0.3 is 0 Å². The van der Waals surface area contributed by atoms with Crippen LogP contribution in [0.4, 0.5) is 0 Å². The summed E-state index contributed by atoms with van der Waals surface area (Å²) >= 11 is 2.09. The van der Waals surface area contributed by atoms with Gasteiger partial charge in [-0.25, -0.2) is 0 Å². The van der Waals surface area contributed by atoms with E-state index in [1.54, 1.807) is 0 Å². The van der Waals surface area contributed by atoms with Crippen molar-refractivity contribution in [2.75, 3.05) is 11.5 Å². The van der Waals surface area contributed by atoms with Gasteiger partial charge in [-0.05, 0) is 44.1 Å². The number of hydrogen-bond acceptors (Lipinski definition) is 1. The minimum Gasteiger partial charge on any atom is -0.162 e. The van der Waals surface area contributed by atoms with E-state index < -0.39 is 0 Å². The van der Waals surface area contributed by atoms with Gasteiger partial charge in [0.05, 0.1) is 0 Å². The fourth-order valence-corrected chi connectivity index (χ4v) is 1.78. The van der Waals surface area contributed by atoms with E-state index in [0.29, 0.717) is 0 Å². The van der Waals surface area contributed by atoms with Crippen LogP contribution in [0.1, 0.15) is 39.5 Å². The zero-order chi connectivity index (χ0) is 8.36. The fourth-order valence-electron chi connectivity index (χ4n) is 0.879. The zero-order valence-electron chi connectivity index (χ0n) is 7.81. The summed E-state index contributed by atoms with van der Waals surface area (Å²) in [5.74, 6) is 2.69. The van der Waals surface area contributed by atoms with Crippen LogP contribution in [0.2, 0.25) is 0 Å². The van der Waals surface area contributed by atoms with Crippen LogP contribution in [0.25, 0.3) is 0 Å². The molecule has 0 aliphatic heterocycles. The molecule has 1 heteroatoms. The molecule has 0 saturated carbocycles. The van der Waals surface area contributed by atoms with Crippen molar-refractivity contribution in [2.45, 2.75) is 39.5 Å². The first-order valence-corrected chi connectivity index (χ1v) is 5.76. The molecule has 0 radical (unpaired) electrons. The summed E-state index contributed by atoms with van der Waals surface area (Å²) in [6, 6.07) is 0. The predicted molar refractivity (Wildman–Crippen MR) is 56.3 cm³/mol. The van der Waals surface area contributed by atoms with Gasteiger partial charge in [-0.1, -0.05) is 19.1 Å². The highest BCUT2D eigenvalue weighted by Crippen LogP contribution is 2.07. The molecule has 0 N–H and O–H groups in total. The first-order chi connectivity index (χ1) is 5.41. The average Bonchev–Trinajstić information content (AvgIpc) is 2.03. The summed E-state index contributed by atoms with van der Waals surface area (Å²) in [7, 11) is 0. The van der Waals surface area contributed by atoms with E-state index in [0.717, 1.165) is 0 Å². The summed E-state index contributed by atoms with van der Waals surface area (Å²) in [5.41, 5.74) is 0. The standard InChI is InChI=1S/C10H20S/c1-3-5-6-7-8-10-11-9-4-2/h3,5H,4,6-10H2,1-2H3. The lowest BCUT2D eigenvalue weighted by Gasteiger charge is -1.97. The lowest BCUT2D eigenvalue weighted by atomic mass is 10.2. The summed E-state index contributed by atoms with van der Waals surface area (Å²) < 4.78 is 0. The van der Waals surface area contributed by atoms with Crippen molar-refractivity contribution in [3.63, 3.8) is 0 Å². The molecular formula is C10H20S. The van der Waals surface area contributed by atoms with Crippen LogP contribution in [0, 0.1) is 0 Å². The smallest absolute Gasteiger partial charge is 0.00674 e. The lowest BCUT2D eigenvalue weighted by Crippen LogP contribution is -1.81. The molecule has 0 fully saturated rings. The fraction of sp³-hybridized carbons (Fsp3) is 0.800. The third-order valence-electron chi connectivity index (χ3n) is 1.49. The van der Waals surface area contributed by atoms with Crippen LogP contribution in [-0.4, -0.2) is 11.5 Å². The molecule has 66 valence electrons. The van der Waals surface area contributed by atoms with E-state index in [1.807, 2.05) is 0 Å². The molecule has 0 bridgehead atoms. The van der Waals surface area contributed by atoms with Crippen molar-refractivity contribution < 1.29 is 0 Å². The van der Waals surface area contributed by atoms with Crippen LogP contribution in [0.3, 0.4) is 0 Å². The Balaban J connectivity index is 2.79. The van der Waals surface area contributed by atoms with Gasteiger partial charge in [-0.2, -0.15) is 11.8 Å². The van der Waals surface area contributed by atoms with E-state index in [-0.39, 0.29) is 0 Å². The Bertz CT molecular complexity index is 86.9. The molecule has 0 rings (SSSR count). The molecule has 0 heterocycles. The number of hydrogen-bond donors (Lipinski definition) is 0. The van der Waals surface area contributed by atoms with Crippen molar-refractivity contribution in [2.24, 2.45) is 0 Å². The highest BCUT2D eigenvalue weighted by molar-refractivity contribution is 7.99. The van der Waals surface area contributed by atoms with E-state index >= 15 is 0 Å². The molecule has 0 atom stereocenters. The molecule has 11 heavy (non-hydrogen) atoms. The largest absolute Gasteiger partial charge is 0.162 e. The second-order valence-electron chi connectivity index (χ2n) is 2.68. The Morgan fingerprint density at radius 1 is 1.18 bits per heavy atom. The number of unbranched alkanes of at least 4 members (excludes halogenated alkanes) is 2. The molecular weight excluding hydrogens is 152 g/mol. The van der Waals surface area contributed by atoms with Crippen LogP contribution in [-0.2, 0) is 0 Å². The quantitative estimate of drug-likeness (QED) is 0.415. The maximum atomic E-state index is 2.25. The van der Waals surface area contributed by atoms with Crippen molar-refractivity contribution in [3.8, 4) is 0 Å². The molecule has 0 nitrogen and oxygen atoms in total. The van der Waals surface area contributed by atoms with Crippen molar-refractivity contribution >= 4 is 11.8 Å². The minimum atomic E-state index is 1.27. The highest BCUT2D eigenvalue weighted by atomic mass is 32.2. The van der Waals surface area contributed by atoms with Crippen LogP contribution in [0.15, 0.2) is 12.2 Å². The number of allylic oxidation sites excluding steroid dienone is 2. The molecule has 0 amide bonds. The Morgan fingerprint density at radius 3 is 2.64 bits per heavy atom. The molecule has 0 saturated heterocycles. The monoisotopic (exact) mass is 172 g/mol. The number of rotatable bonds is 7. The average molecular weight is 172 g/mol. The van der Waals surface area contributed by atoms with Crippen molar-refractivity contribution in [3.05, 3.63) is 12.2 Å². The SMILES string of the molecule is CC=CCCCCSCCC. The second kappa shape index (κ2) is 10.1.